The molecule has 0 aromatic carbocycles. The molecular weight excluding hydrogens is 234 g/mol. The van der Waals surface area contributed by atoms with Crippen LogP contribution in [0.4, 0.5) is 0 Å². The van der Waals surface area contributed by atoms with Gasteiger partial charge in [0.15, 0.2) is 0 Å². The first-order valence-corrected chi connectivity index (χ1v) is 7.84. The van der Waals surface area contributed by atoms with Gasteiger partial charge in [-0.05, 0) is 62.2 Å². The van der Waals surface area contributed by atoms with Gasteiger partial charge in [0.25, 0.3) is 0 Å². The lowest BCUT2D eigenvalue weighted by Gasteiger charge is -2.64. The molecule has 0 radical (unpaired) electrons. The molecule has 4 fully saturated rings. The van der Waals surface area contributed by atoms with E-state index in [-0.39, 0.29) is 0 Å². The zero-order chi connectivity index (χ0) is 13.3. The Morgan fingerprint density at radius 1 is 1.16 bits per heavy atom. The molecule has 3 nitrogen and oxygen atoms in total. The minimum Gasteiger partial charge on any atom is -0.317 e. The predicted molar refractivity (Wildman–Crippen MR) is 74.8 cm³/mol. The Kier molecular flexibility index (Phi) is 2.15. The van der Waals surface area contributed by atoms with E-state index in [2.05, 4.69) is 35.5 Å². The lowest BCUT2D eigenvalue weighted by atomic mass is 9.40. The fraction of sp³-hybridized carbons (Fsp3) is 0.875. The van der Waals surface area contributed by atoms with Crippen LogP contribution in [-0.4, -0.2) is 14.8 Å². The van der Waals surface area contributed by atoms with Crippen molar-refractivity contribution in [1.82, 2.24) is 14.8 Å². The smallest absolute Gasteiger partial charge is 0.139 e. The Morgan fingerprint density at radius 3 is 2.42 bits per heavy atom. The molecule has 104 valence electrons. The molecule has 2 atom stereocenters. The van der Waals surface area contributed by atoms with Gasteiger partial charge in [-0.3, -0.25) is 0 Å². The summed E-state index contributed by atoms with van der Waals surface area (Å²) < 4.78 is 2.29. The van der Waals surface area contributed by atoms with Crippen LogP contribution in [0.1, 0.15) is 65.1 Å². The van der Waals surface area contributed by atoms with Crippen LogP contribution < -0.4 is 0 Å². The van der Waals surface area contributed by atoms with Crippen LogP contribution in [0.2, 0.25) is 0 Å². The molecule has 1 aromatic rings. The average Bonchev–Trinajstić information content (AvgIpc) is 2.72. The van der Waals surface area contributed by atoms with Gasteiger partial charge in [-0.1, -0.05) is 13.8 Å². The van der Waals surface area contributed by atoms with E-state index in [1.807, 2.05) is 6.33 Å². The van der Waals surface area contributed by atoms with Gasteiger partial charge in [0.05, 0.1) is 0 Å². The normalized spacial score (nSPS) is 47.8. The van der Waals surface area contributed by atoms with Gasteiger partial charge in [0.2, 0.25) is 0 Å². The lowest BCUT2D eigenvalue weighted by molar-refractivity contribution is -0.113. The third-order valence-corrected chi connectivity index (χ3v) is 6.06. The maximum Gasteiger partial charge on any atom is 0.139 e. The molecule has 2 unspecified atom stereocenters. The van der Waals surface area contributed by atoms with Crippen molar-refractivity contribution in [2.24, 2.45) is 16.7 Å². The van der Waals surface area contributed by atoms with E-state index in [1.165, 1.54) is 44.3 Å². The van der Waals surface area contributed by atoms with Crippen molar-refractivity contribution < 1.29 is 0 Å². The van der Waals surface area contributed by atoms with Crippen molar-refractivity contribution in [2.75, 3.05) is 0 Å². The Bertz CT molecular complexity index is 500. The maximum absolute atomic E-state index is 4.55. The number of hydrogen-bond acceptors (Lipinski definition) is 2. The van der Waals surface area contributed by atoms with Gasteiger partial charge in [-0.25, -0.2) is 0 Å². The molecule has 5 rings (SSSR count). The SMILES string of the molecule is CCn1cnnc1C12CC3CC(C)(CC(C)(C3)C1)C2. The number of hydrogen-bond donors (Lipinski definition) is 0. The monoisotopic (exact) mass is 259 g/mol. The predicted octanol–water partition coefficient (Wildman–Crippen LogP) is 3.55. The van der Waals surface area contributed by atoms with Crippen molar-refractivity contribution in [1.29, 1.82) is 0 Å². The third kappa shape index (κ3) is 1.56. The first-order valence-electron chi connectivity index (χ1n) is 7.84. The summed E-state index contributed by atoms with van der Waals surface area (Å²) >= 11 is 0. The van der Waals surface area contributed by atoms with E-state index in [0.29, 0.717) is 16.2 Å². The first-order chi connectivity index (χ1) is 8.96. The van der Waals surface area contributed by atoms with Crippen molar-refractivity contribution in [3.8, 4) is 0 Å². The lowest BCUT2D eigenvalue weighted by Crippen LogP contribution is -2.57. The highest BCUT2D eigenvalue weighted by Gasteiger charge is 2.61. The number of rotatable bonds is 2. The van der Waals surface area contributed by atoms with Gasteiger partial charge in [-0.2, -0.15) is 0 Å². The van der Waals surface area contributed by atoms with E-state index in [0.717, 1.165) is 12.5 Å². The molecule has 0 spiro atoms. The Hall–Kier alpha value is -0.860. The van der Waals surface area contributed by atoms with Gasteiger partial charge >= 0.3 is 0 Å². The van der Waals surface area contributed by atoms with Crippen LogP contribution in [0.3, 0.4) is 0 Å². The molecule has 4 aliphatic rings. The van der Waals surface area contributed by atoms with Gasteiger partial charge in [0.1, 0.15) is 12.2 Å². The molecule has 1 heterocycles. The second kappa shape index (κ2) is 3.42. The van der Waals surface area contributed by atoms with E-state index in [9.17, 15) is 0 Å². The Morgan fingerprint density at radius 2 is 1.84 bits per heavy atom. The minimum atomic E-state index is 0.329. The zero-order valence-electron chi connectivity index (χ0n) is 12.4. The Balaban J connectivity index is 1.83. The summed E-state index contributed by atoms with van der Waals surface area (Å²) in [6.45, 7) is 8.26. The minimum absolute atomic E-state index is 0.329. The molecule has 3 heteroatoms. The number of nitrogens with zero attached hydrogens (tertiary/aromatic N) is 3. The fourth-order valence-electron chi connectivity index (χ4n) is 6.59. The molecule has 4 aliphatic carbocycles. The largest absolute Gasteiger partial charge is 0.317 e. The van der Waals surface area contributed by atoms with Gasteiger partial charge in [-0.15, -0.1) is 10.2 Å². The number of aromatic nitrogens is 3. The van der Waals surface area contributed by atoms with E-state index >= 15 is 0 Å². The summed E-state index contributed by atoms with van der Waals surface area (Å²) in [5.41, 5.74) is 1.44. The highest BCUT2D eigenvalue weighted by atomic mass is 15.3. The van der Waals surface area contributed by atoms with E-state index in [4.69, 9.17) is 0 Å². The highest BCUT2D eigenvalue weighted by Crippen LogP contribution is 2.69. The maximum atomic E-state index is 4.55. The summed E-state index contributed by atoms with van der Waals surface area (Å²) in [4.78, 5) is 0. The van der Waals surface area contributed by atoms with Crippen molar-refractivity contribution in [2.45, 2.75) is 71.3 Å². The van der Waals surface area contributed by atoms with E-state index < -0.39 is 0 Å². The summed E-state index contributed by atoms with van der Waals surface area (Å²) in [7, 11) is 0. The van der Waals surface area contributed by atoms with Crippen LogP contribution >= 0.6 is 0 Å². The zero-order valence-corrected chi connectivity index (χ0v) is 12.4. The molecule has 0 saturated heterocycles. The van der Waals surface area contributed by atoms with Crippen LogP contribution in [0.5, 0.6) is 0 Å². The summed E-state index contributed by atoms with van der Waals surface area (Å²) in [6.07, 6.45) is 10.3. The van der Waals surface area contributed by atoms with Crippen molar-refractivity contribution >= 4 is 0 Å². The summed E-state index contributed by atoms with van der Waals surface area (Å²) in [5, 5.41) is 8.76. The average molecular weight is 259 g/mol. The second-order valence-electron chi connectivity index (χ2n) is 8.35. The molecule has 0 N–H and O–H groups in total. The summed E-state index contributed by atoms with van der Waals surface area (Å²) in [6, 6.07) is 0. The molecular formula is C16H25N3. The van der Waals surface area contributed by atoms with Crippen LogP contribution in [0.15, 0.2) is 6.33 Å². The fourth-order valence-corrected chi connectivity index (χ4v) is 6.59. The second-order valence-corrected chi connectivity index (χ2v) is 8.35. The third-order valence-electron chi connectivity index (χ3n) is 6.06. The van der Waals surface area contributed by atoms with Gasteiger partial charge < -0.3 is 4.57 Å². The van der Waals surface area contributed by atoms with Crippen LogP contribution in [0.25, 0.3) is 0 Å². The molecule has 4 bridgehead atoms. The van der Waals surface area contributed by atoms with Gasteiger partial charge in [0, 0.05) is 12.0 Å². The molecule has 19 heavy (non-hydrogen) atoms. The van der Waals surface area contributed by atoms with E-state index in [1.54, 1.807) is 0 Å². The molecule has 4 saturated carbocycles. The topological polar surface area (TPSA) is 30.7 Å². The number of aryl methyl sites for hydroxylation is 1. The Labute approximate surface area is 115 Å². The first kappa shape index (κ1) is 11.9. The van der Waals surface area contributed by atoms with Crippen molar-refractivity contribution in [3.05, 3.63) is 12.2 Å². The highest BCUT2D eigenvalue weighted by molar-refractivity contribution is 5.22. The standard InChI is InChI=1S/C16H25N3/c1-4-19-11-17-18-13(19)16-7-12-5-14(2,9-16)8-15(3,6-12)10-16/h11-12H,4-10H2,1-3H3. The van der Waals surface area contributed by atoms with Crippen LogP contribution in [0, 0.1) is 16.7 Å². The molecule has 1 aromatic heterocycles. The quantitative estimate of drug-likeness (QED) is 0.813. The van der Waals surface area contributed by atoms with Crippen molar-refractivity contribution in [3.63, 3.8) is 0 Å². The molecule has 0 amide bonds. The summed E-state index contributed by atoms with van der Waals surface area (Å²) in [5.74, 6) is 2.21. The van der Waals surface area contributed by atoms with Crippen LogP contribution in [-0.2, 0) is 12.0 Å². The molecule has 0 aliphatic heterocycles.